The fourth-order valence-electron chi connectivity index (χ4n) is 4.15. The molecule has 1 aromatic carbocycles. The molecule has 5 rings (SSSR count). The van der Waals surface area contributed by atoms with E-state index < -0.39 is 6.17 Å². The number of fused-ring (bicyclic) bond motifs is 1. The van der Waals surface area contributed by atoms with Crippen LogP contribution in [0.25, 0.3) is 11.3 Å². The number of aliphatic imine (C=N–C) groups is 1. The van der Waals surface area contributed by atoms with Crippen molar-refractivity contribution in [3.63, 3.8) is 0 Å². The third kappa shape index (κ3) is 3.71. The number of rotatable bonds is 4. The second kappa shape index (κ2) is 8.17. The lowest BCUT2D eigenvalue weighted by atomic mass is 10.1. The number of piperidine rings is 1. The number of nitrogens with zero attached hydrogens (tertiary/aromatic N) is 5. The van der Waals surface area contributed by atoms with E-state index in [1.165, 1.54) is 0 Å². The molecule has 2 aromatic heterocycles. The summed E-state index contributed by atoms with van der Waals surface area (Å²) in [5, 5.41) is 10.4. The van der Waals surface area contributed by atoms with Crippen molar-refractivity contribution in [2.45, 2.75) is 25.1 Å². The Morgan fingerprint density at radius 3 is 2.48 bits per heavy atom. The van der Waals surface area contributed by atoms with E-state index in [2.05, 4.69) is 14.9 Å². The molecule has 1 N–H and O–H groups in total. The molecule has 0 amide bonds. The molecule has 31 heavy (non-hydrogen) atoms. The Kier molecular flexibility index (Phi) is 5.21. The largest absolute Gasteiger partial charge is 0.393 e. The van der Waals surface area contributed by atoms with Crippen molar-refractivity contribution in [3.05, 3.63) is 59.8 Å². The number of anilines is 2. The van der Waals surface area contributed by atoms with Crippen LogP contribution in [0.3, 0.4) is 0 Å². The van der Waals surface area contributed by atoms with Gasteiger partial charge in [-0.3, -0.25) is 9.36 Å². The highest BCUT2D eigenvalue weighted by molar-refractivity contribution is 6.30. The number of hydrogen-bond acceptors (Lipinski definition) is 6. The van der Waals surface area contributed by atoms with Crippen LogP contribution in [-0.2, 0) is 4.79 Å². The van der Waals surface area contributed by atoms with Crippen molar-refractivity contribution < 1.29 is 9.90 Å². The van der Waals surface area contributed by atoms with Gasteiger partial charge in [0.2, 0.25) is 0 Å². The zero-order valence-corrected chi connectivity index (χ0v) is 17.6. The molecule has 0 aliphatic carbocycles. The molecule has 4 heterocycles. The van der Waals surface area contributed by atoms with Crippen LogP contribution in [0.15, 0.2) is 59.7 Å². The summed E-state index contributed by atoms with van der Waals surface area (Å²) >= 11 is 6.03. The average Bonchev–Trinajstić information content (AvgIpc) is 3.24. The number of aliphatic hydroxyl groups is 1. The second-order valence-corrected chi connectivity index (χ2v) is 8.18. The van der Waals surface area contributed by atoms with Crippen LogP contribution in [0.1, 0.15) is 19.0 Å². The fourth-order valence-corrected chi connectivity index (χ4v) is 4.28. The summed E-state index contributed by atoms with van der Waals surface area (Å²) in [7, 11) is 0. The van der Waals surface area contributed by atoms with Crippen LogP contribution in [0.5, 0.6) is 0 Å². The van der Waals surface area contributed by atoms with Crippen LogP contribution in [0.4, 0.5) is 17.3 Å². The van der Waals surface area contributed by atoms with Crippen LogP contribution in [-0.4, -0.2) is 46.5 Å². The third-order valence-electron chi connectivity index (χ3n) is 5.84. The molecule has 0 saturated carbocycles. The van der Waals surface area contributed by atoms with E-state index >= 15 is 0 Å². The van der Waals surface area contributed by atoms with E-state index in [0.29, 0.717) is 5.02 Å². The molecule has 0 radical (unpaired) electrons. The van der Waals surface area contributed by atoms with E-state index in [-0.39, 0.29) is 6.10 Å². The first kappa shape index (κ1) is 19.8. The van der Waals surface area contributed by atoms with E-state index in [1.807, 2.05) is 58.0 Å². The summed E-state index contributed by atoms with van der Waals surface area (Å²) in [6.07, 6.45) is 5.05. The van der Waals surface area contributed by atoms with Gasteiger partial charge in [0.25, 0.3) is 0 Å². The molecule has 158 valence electrons. The molecule has 1 saturated heterocycles. The molecule has 1 atom stereocenters. The highest BCUT2D eigenvalue weighted by Crippen LogP contribution is 2.36. The zero-order chi connectivity index (χ0) is 21.4. The van der Waals surface area contributed by atoms with E-state index in [1.54, 1.807) is 12.5 Å². The minimum Gasteiger partial charge on any atom is -0.393 e. The zero-order valence-electron chi connectivity index (χ0n) is 16.8. The van der Waals surface area contributed by atoms with E-state index in [9.17, 15) is 9.90 Å². The number of aliphatic hydroxyl groups excluding tert-OH is 1. The van der Waals surface area contributed by atoms with Gasteiger partial charge in [-0.25, -0.2) is 9.98 Å². The summed E-state index contributed by atoms with van der Waals surface area (Å²) < 4.78 is 1.91. The number of carbonyl (C=O) groups excluding carboxylic acids is 1. The van der Waals surface area contributed by atoms with Gasteiger partial charge in [0.1, 0.15) is 11.6 Å². The Bertz CT molecular complexity index is 1100. The maximum atomic E-state index is 12.2. The van der Waals surface area contributed by atoms with Gasteiger partial charge in [-0.2, -0.15) is 0 Å². The number of hydrogen-bond donors (Lipinski definition) is 1. The number of aldehydes is 1. The molecule has 1 unspecified atom stereocenters. The molecule has 7 nitrogen and oxygen atoms in total. The van der Waals surface area contributed by atoms with Crippen molar-refractivity contribution in [2.75, 3.05) is 22.9 Å². The number of carbonyl (C=O) groups is 1. The molecule has 1 fully saturated rings. The van der Waals surface area contributed by atoms with Crippen molar-refractivity contribution in [1.82, 2.24) is 9.55 Å². The maximum absolute atomic E-state index is 12.2. The SMILES string of the molecule is O=CC1N(c2ccc(N3CCC(O)CC3)nc2)C=Nc2ccc(-c3ccc(Cl)cc3)n21. The Balaban J connectivity index is 1.44. The lowest BCUT2D eigenvalue weighted by Gasteiger charge is -2.33. The van der Waals surface area contributed by atoms with Crippen LogP contribution < -0.4 is 9.80 Å². The van der Waals surface area contributed by atoms with Crippen molar-refractivity contribution >= 4 is 41.5 Å². The Morgan fingerprint density at radius 2 is 1.81 bits per heavy atom. The normalized spacial score (nSPS) is 18.8. The van der Waals surface area contributed by atoms with Gasteiger partial charge in [0.05, 0.1) is 30.0 Å². The van der Waals surface area contributed by atoms with Gasteiger partial charge >= 0.3 is 0 Å². The second-order valence-electron chi connectivity index (χ2n) is 7.75. The molecule has 0 spiro atoms. The van der Waals surface area contributed by atoms with Gasteiger partial charge < -0.3 is 14.9 Å². The van der Waals surface area contributed by atoms with Crippen molar-refractivity contribution in [2.24, 2.45) is 4.99 Å². The van der Waals surface area contributed by atoms with Gasteiger partial charge in [0, 0.05) is 18.1 Å². The average molecular weight is 436 g/mol. The van der Waals surface area contributed by atoms with Crippen LogP contribution in [0, 0.1) is 0 Å². The first-order valence-electron chi connectivity index (χ1n) is 10.3. The summed E-state index contributed by atoms with van der Waals surface area (Å²) in [5.74, 6) is 1.59. The summed E-state index contributed by atoms with van der Waals surface area (Å²) in [6, 6.07) is 15.3. The fraction of sp³-hybridized carbons (Fsp3) is 0.261. The lowest BCUT2D eigenvalue weighted by molar-refractivity contribution is -0.110. The van der Waals surface area contributed by atoms with Gasteiger partial charge in [-0.05, 0) is 54.8 Å². The topological polar surface area (TPSA) is 74.0 Å². The highest BCUT2D eigenvalue weighted by atomic mass is 35.5. The van der Waals surface area contributed by atoms with Gasteiger partial charge in [0.15, 0.2) is 12.5 Å². The molecule has 0 bridgehead atoms. The third-order valence-corrected chi connectivity index (χ3v) is 6.09. The molecule has 2 aliphatic rings. The monoisotopic (exact) mass is 435 g/mol. The molecule has 8 heteroatoms. The standard InChI is InChI=1S/C23H22ClN5O2/c24-17-3-1-16(2-4-17)20-6-8-22-26-15-28(23(14-30)29(20)22)18-5-7-21(25-13-18)27-11-9-19(31)10-12-27/h1-8,13-15,19,23,31H,9-12H2. The Morgan fingerprint density at radius 1 is 1.03 bits per heavy atom. The Labute approximate surface area is 185 Å². The molecule has 2 aliphatic heterocycles. The minimum absolute atomic E-state index is 0.223. The maximum Gasteiger partial charge on any atom is 0.169 e. The number of pyridine rings is 1. The minimum atomic E-state index is -0.578. The predicted octanol–water partition coefficient (Wildman–Crippen LogP) is 4.04. The summed E-state index contributed by atoms with van der Waals surface area (Å²) in [4.78, 5) is 25.3. The lowest BCUT2D eigenvalue weighted by Crippen LogP contribution is -2.37. The van der Waals surface area contributed by atoms with Gasteiger partial charge in [-0.15, -0.1) is 0 Å². The van der Waals surface area contributed by atoms with E-state index in [4.69, 9.17) is 11.6 Å². The highest BCUT2D eigenvalue weighted by Gasteiger charge is 2.28. The number of aromatic nitrogens is 2. The van der Waals surface area contributed by atoms with Crippen molar-refractivity contribution in [3.8, 4) is 11.3 Å². The number of benzene rings is 1. The summed E-state index contributed by atoms with van der Waals surface area (Å²) in [5.41, 5.74) is 2.63. The molecular weight excluding hydrogens is 414 g/mol. The quantitative estimate of drug-likeness (QED) is 0.626. The first-order valence-corrected chi connectivity index (χ1v) is 10.7. The number of halogens is 1. The smallest absolute Gasteiger partial charge is 0.169 e. The molecular formula is C23H22ClN5O2. The first-order chi connectivity index (χ1) is 15.1. The van der Waals surface area contributed by atoms with Gasteiger partial charge in [-0.1, -0.05) is 23.7 Å². The van der Waals surface area contributed by atoms with E-state index in [0.717, 1.165) is 60.8 Å². The van der Waals surface area contributed by atoms with Crippen molar-refractivity contribution in [1.29, 1.82) is 0 Å². The van der Waals surface area contributed by atoms with Crippen LogP contribution >= 0.6 is 11.6 Å². The molecule has 3 aromatic rings. The predicted molar refractivity (Wildman–Crippen MR) is 122 cm³/mol. The Hall–Kier alpha value is -3.16. The van der Waals surface area contributed by atoms with Crippen LogP contribution in [0.2, 0.25) is 5.02 Å². The summed E-state index contributed by atoms with van der Waals surface area (Å²) in [6.45, 7) is 1.57.